The first kappa shape index (κ1) is 16.0. The molecule has 1 N–H and O–H groups in total. The van der Waals surface area contributed by atoms with E-state index in [2.05, 4.69) is 4.72 Å². The zero-order chi connectivity index (χ0) is 14.8. The maximum Gasteiger partial charge on any atom is 0.214 e. The molecule has 0 amide bonds. The molecule has 1 aromatic carbocycles. The summed E-state index contributed by atoms with van der Waals surface area (Å²) in [5.74, 6) is -0.111. The van der Waals surface area contributed by atoms with Crippen LogP contribution in [0, 0.1) is 5.92 Å². The average molecular weight is 338 g/mol. The van der Waals surface area contributed by atoms with Gasteiger partial charge in [0.15, 0.2) is 0 Å². The van der Waals surface area contributed by atoms with Crippen LogP contribution in [-0.2, 0) is 21.2 Å². The molecule has 0 bridgehead atoms. The third-order valence-corrected chi connectivity index (χ3v) is 6.16. The fourth-order valence-electron chi connectivity index (χ4n) is 2.50. The molecule has 2 atom stereocenters. The van der Waals surface area contributed by atoms with E-state index in [0.717, 1.165) is 5.56 Å². The lowest BCUT2D eigenvalue weighted by molar-refractivity contribution is 0.0571. The smallest absolute Gasteiger partial charge is 0.214 e. The summed E-state index contributed by atoms with van der Waals surface area (Å²) < 4.78 is 32.0. The van der Waals surface area contributed by atoms with E-state index in [4.69, 9.17) is 27.9 Å². The predicted molar refractivity (Wildman–Crippen MR) is 80.9 cm³/mol. The van der Waals surface area contributed by atoms with Crippen molar-refractivity contribution in [2.24, 2.45) is 5.92 Å². The maximum atomic E-state index is 12.1. The molecule has 1 fully saturated rings. The van der Waals surface area contributed by atoms with Crippen molar-refractivity contribution in [3.63, 3.8) is 0 Å². The summed E-state index contributed by atoms with van der Waals surface area (Å²) >= 11 is 12.0. The zero-order valence-electron chi connectivity index (χ0n) is 11.1. The molecule has 0 unspecified atom stereocenters. The minimum absolute atomic E-state index is 0.111. The van der Waals surface area contributed by atoms with Crippen molar-refractivity contribution >= 4 is 33.2 Å². The quantitative estimate of drug-likeness (QED) is 0.918. The number of ether oxygens (including phenoxy) is 1. The van der Waals surface area contributed by atoms with Gasteiger partial charge < -0.3 is 4.74 Å². The number of sulfonamides is 1. The molecular weight excluding hydrogens is 321 g/mol. The van der Waals surface area contributed by atoms with Gasteiger partial charge in [-0.25, -0.2) is 13.1 Å². The second-order valence-corrected chi connectivity index (χ2v) is 7.80. The number of halogens is 2. The third kappa shape index (κ3) is 3.65. The molecule has 1 heterocycles. The van der Waals surface area contributed by atoms with Crippen LogP contribution in [0.2, 0.25) is 10.0 Å². The summed E-state index contributed by atoms with van der Waals surface area (Å²) in [4.78, 5) is 0. The number of benzene rings is 1. The second-order valence-electron chi connectivity index (χ2n) is 4.85. The summed E-state index contributed by atoms with van der Waals surface area (Å²) in [7, 11) is -1.87. The molecule has 0 spiro atoms. The topological polar surface area (TPSA) is 55.4 Å². The molecule has 20 heavy (non-hydrogen) atoms. The van der Waals surface area contributed by atoms with Crippen molar-refractivity contribution in [1.82, 2.24) is 4.72 Å². The van der Waals surface area contributed by atoms with E-state index >= 15 is 0 Å². The Kier molecular flexibility index (Phi) is 5.31. The van der Waals surface area contributed by atoms with Gasteiger partial charge in [0.2, 0.25) is 10.0 Å². The van der Waals surface area contributed by atoms with Crippen LogP contribution in [0.5, 0.6) is 0 Å². The lowest BCUT2D eigenvalue weighted by Gasteiger charge is -2.31. The molecule has 0 radical (unpaired) electrons. The van der Waals surface area contributed by atoms with E-state index in [9.17, 15) is 8.42 Å². The first-order chi connectivity index (χ1) is 9.44. The fraction of sp³-hybridized carbons (Fsp3) is 0.538. The molecule has 0 aliphatic carbocycles. The predicted octanol–water partition coefficient (Wildman–Crippen LogP) is 2.49. The van der Waals surface area contributed by atoms with Crippen LogP contribution >= 0.6 is 23.2 Å². The van der Waals surface area contributed by atoms with Gasteiger partial charge >= 0.3 is 0 Å². The molecule has 1 aliphatic heterocycles. The Bertz CT molecular complexity index is 577. The average Bonchev–Trinajstić information content (AvgIpc) is 2.42. The normalized spacial score (nSPS) is 23.8. The molecule has 1 aromatic rings. The SMILES string of the molecule is CNS(=O)(=O)[C@@H]1CCOC[C@H]1Cc1ccc(Cl)cc1Cl. The number of hydrogen-bond donors (Lipinski definition) is 1. The van der Waals surface area contributed by atoms with E-state index in [0.29, 0.717) is 36.1 Å². The Balaban J connectivity index is 2.21. The molecule has 0 aromatic heterocycles. The Hall–Kier alpha value is -0.330. The maximum absolute atomic E-state index is 12.1. The van der Waals surface area contributed by atoms with Crippen molar-refractivity contribution in [1.29, 1.82) is 0 Å². The number of hydrogen-bond acceptors (Lipinski definition) is 3. The highest BCUT2D eigenvalue weighted by Crippen LogP contribution is 2.29. The Morgan fingerprint density at radius 1 is 1.40 bits per heavy atom. The van der Waals surface area contributed by atoms with Crippen LogP contribution in [-0.4, -0.2) is 33.9 Å². The van der Waals surface area contributed by atoms with Crippen molar-refractivity contribution < 1.29 is 13.2 Å². The van der Waals surface area contributed by atoms with Crippen LogP contribution in [0.25, 0.3) is 0 Å². The molecule has 0 saturated carbocycles. The minimum Gasteiger partial charge on any atom is -0.381 e. The Morgan fingerprint density at radius 2 is 2.15 bits per heavy atom. The van der Waals surface area contributed by atoms with E-state index in [1.54, 1.807) is 12.1 Å². The van der Waals surface area contributed by atoms with E-state index in [1.807, 2.05) is 6.07 Å². The number of nitrogens with one attached hydrogen (secondary N) is 1. The van der Waals surface area contributed by atoms with Crippen molar-refractivity contribution in [2.75, 3.05) is 20.3 Å². The molecule has 4 nitrogen and oxygen atoms in total. The minimum atomic E-state index is -3.31. The Labute approximate surface area is 129 Å². The summed E-state index contributed by atoms with van der Waals surface area (Å²) in [5.41, 5.74) is 0.892. The molecule has 112 valence electrons. The first-order valence-corrected chi connectivity index (χ1v) is 8.68. The first-order valence-electron chi connectivity index (χ1n) is 6.38. The van der Waals surface area contributed by atoms with E-state index in [1.165, 1.54) is 7.05 Å². The van der Waals surface area contributed by atoms with Crippen LogP contribution < -0.4 is 4.72 Å². The highest BCUT2D eigenvalue weighted by Gasteiger charge is 2.35. The van der Waals surface area contributed by atoms with Crippen LogP contribution in [0.1, 0.15) is 12.0 Å². The summed E-state index contributed by atoms with van der Waals surface area (Å²) in [5, 5.41) is 0.676. The molecular formula is C13H17Cl2NO3S. The largest absolute Gasteiger partial charge is 0.381 e. The van der Waals surface area contributed by atoms with E-state index < -0.39 is 15.3 Å². The van der Waals surface area contributed by atoms with Gasteiger partial charge in [0.25, 0.3) is 0 Å². The van der Waals surface area contributed by atoms with Gasteiger partial charge in [-0.2, -0.15) is 0 Å². The van der Waals surface area contributed by atoms with Crippen LogP contribution in [0.4, 0.5) is 0 Å². The lowest BCUT2D eigenvalue weighted by Crippen LogP contribution is -2.43. The zero-order valence-corrected chi connectivity index (χ0v) is 13.4. The standard InChI is InChI=1S/C13H17Cl2NO3S/c1-16-20(17,18)13-4-5-19-8-10(13)6-9-2-3-11(14)7-12(9)15/h2-3,7,10,13,16H,4-6,8H2,1H3/t10-,13-/m1/s1. The van der Waals surface area contributed by atoms with E-state index in [-0.39, 0.29) is 5.92 Å². The van der Waals surface area contributed by atoms with Gasteiger partial charge in [0, 0.05) is 22.6 Å². The fourth-order valence-corrected chi connectivity index (χ4v) is 4.37. The molecule has 1 aliphatic rings. The van der Waals surface area contributed by atoms with Crippen LogP contribution in [0.15, 0.2) is 18.2 Å². The summed E-state index contributed by atoms with van der Waals surface area (Å²) in [6.45, 7) is 0.890. The number of rotatable bonds is 4. The van der Waals surface area contributed by atoms with Crippen molar-refractivity contribution in [2.45, 2.75) is 18.1 Å². The summed E-state index contributed by atoms with van der Waals surface area (Å²) in [6, 6.07) is 5.26. The highest BCUT2D eigenvalue weighted by molar-refractivity contribution is 7.90. The van der Waals surface area contributed by atoms with Gasteiger partial charge in [-0.1, -0.05) is 29.3 Å². The second kappa shape index (κ2) is 6.62. The highest BCUT2D eigenvalue weighted by atomic mass is 35.5. The summed E-state index contributed by atoms with van der Waals surface area (Å²) in [6.07, 6.45) is 1.06. The van der Waals surface area contributed by atoms with Crippen molar-refractivity contribution in [3.05, 3.63) is 33.8 Å². The van der Waals surface area contributed by atoms with Gasteiger partial charge in [-0.05, 0) is 37.6 Å². The van der Waals surface area contributed by atoms with Gasteiger partial charge in [0.05, 0.1) is 11.9 Å². The monoisotopic (exact) mass is 337 g/mol. The molecule has 2 rings (SSSR count). The van der Waals surface area contributed by atoms with Gasteiger partial charge in [-0.15, -0.1) is 0 Å². The third-order valence-electron chi connectivity index (χ3n) is 3.58. The Morgan fingerprint density at radius 3 is 2.80 bits per heavy atom. The molecule has 7 heteroatoms. The lowest BCUT2D eigenvalue weighted by atomic mass is 9.93. The van der Waals surface area contributed by atoms with Gasteiger partial charge in [-0.3, -0.25) is 0 Å². The van der Waals surface area contributed by atoms with Crippen LogP contribution in [0.3, 0.4) is 0 Å². The molecule has 1 saturated heterocycles. The van der Waals surface area contributed by atoms with Gasteiger partial charge in [0.1, 0.15) is 0 Å². The van der Waals surface area contributed by atoms with Crippen molar-refractivity contribution in [3.8, 4) is 0 Å².